The van der Waals surface area contributed by atoms with Crippen LogP contribution in [0.25, 0.3) is 0 Å². The molecule has 0 saturated carbocycles. The van der Waals surface area contributed by atoms with Crippen molar-refractivity contribution in [2.24, 2.45) is 0 Å². The quantitative estimate of drug-likeness (QED) is 0.832. The molecule has 0 bridgehead atoms. The minimum absolute atomic E-state index is 0.431. The summed E-state index contributed by atoms with van der Waals surface area (Å²) in [6, 6.07) is 11.8. The molecule has 0 unspecified atom stereocenters. The summed E-state index contributed by atoms with van der Waals surface area (Å²) in [6.45, 7) is 1.40. The van der Waals surface area contributed by atoms with Crippen LogP contribution < -0.4 is 5.32 Å². The zero-order valence-corrected chi connectivity index (χ0v) is 9.78. The highest BCUT2D eigenvalue weighted by atomic mass is 32.1. The van der Waals surface area contributed by atoms with Gasteiger partial charge in [-0.25, -0.2) is 0 Å². The standard InChI is InChI=1S/C13H15NOS/c15-13(12-4-2-1-3-5-12)9-14-8-11-6-7-16-10-11/h1-7,10,13-15H,8-9H2/t13-/m1/s1. The van der Waals surface area contributed by atoms with Crippen LogP contribution in [0.5, 0.6) is 0 Å². The van der Waals surface area contributed by atoms with E-state index in [9.17, 15) is 5.11 Å². The van der Waals surface area contributed by atoms with Gasteiger partial charge in [-0.3, -0.25) is 0 Å². The Morgan fingerprint density at radius 1 is 1.19 bits per heavy atom. The minimum atomic E-state index is -0.431. The predicted octanol–water partition coefficient (Wildman–Crippen LogP) is 2.57. The molecule has 1 aromatic carbocycles. The van der Waals surface area contributed by atoms with Crippen LogP contribution in [0.2, 0.25) is 0 Å². The van der Waals surface area contributed by atoms with E-state index in [1.165, 1.54) is 5.56 Å². The summed E-state index contributed by atoms with van der Waals surface area (Å²) >= 11 is 1.69. The summed E-state index contributed by atoms with van der Waals surface area (Å²) in [6.07, 6.45) is -0.431. The van der Waals surface area contributed by atoms with E-state index in [-0.39, 0.29) is 0 Å². The zero-order valence-electron chi connectivity index (χ0n) is 8.97. The molecule has 0 aliphatic carbocycles. The minimum Gasteiger partial charge on any atom is -0.387 e. The highest BCUT2D eigenvalue weighted by Gasteiger charge is 2.05. The maximum atomic E-state index is 9.89. The third kappa shape index (κ3) is 3.17. The Labute approximate surface area is 99.6 Å². The number of rotatable bonds is 5. The zero-order chi connectivity index (χ0) is 11.2. The third-order valence-corrected chi connectivity index (χ3v) is 3.16. The van der Waals surface area contributed by atoms with E-state index >= 15 is 0 Å². The first kappa shape index (κ1) is 11.3. The van der Waals surface area contributed by atoms with Gasteiger partial charge >= 0.3 is 0 Å². The highest BCUT2D eigenvalue weighted by Crippen LogP contribution is 2.11. The molecule has 0 amide bonds. The molecule has 0 aliphatic rings. The number of aliphatic hydroxyl groups is 1. The van der Waals surface area contributed by atoms with Crippen molar-refractivity contribution in [1.29, 1.82) is 0 Å². The Bertz CT molecular complexity index is 399. The van der Waals surface area contributed by atoms with Crippen LogP contribution in [0.4, 0.5) is 0 Å². The van der Waals surface area contributed by atoms with E-state index in [1.54, 1.807) is 11.3 Å². The molecule has 16 heavy (non-hydrogen) atoms. The summed E-state index contributed by atoms with van der Waals surface area (Å²) in [4.78, 5) is 0. The molecular weight excluding hydrogens is 218 g/mol. The number of thiophene rings is 1. The maximum Gasteiger partial charge on any atom is 0.0914 e. The molecule has 0 aliphatic heterocycles. The second-order valence-corrected chi connectivity index (χ2v) is 4.47. The van der Waals surface area contributed by atoms with Crippen molar-refractivity contribution in [1.82, 2.24) is 5.32 Å². The summed E-state index contributed by atoms with van der Waals surface area (Å²) < 4.78 is 0. The molecule has 84 valence electrons. The van der Waals surface area contributed by atoms with Crippen molar-refractivity contribution in [3.05, 3.63) is 58.3 Å². The first-order chi connectivity index (χ1) is 7.86. The van der Waals surface area contributed by atoms with Gasteiger partial charge in [-0.05, 0) is 28.0 Å². The van der Waals surface area contributed by atoms with Gasteiger partial charge in [0.25, 0.3) is 0 Å². The molecule has 0 saturated heterocycles. The SMILES string of the molecule is O[C@H](CNCc1ccsc1)c1ccccc1. The van der Waals surface area contributed by atoms with Crippen molar-refractivity contribution in [2.75, 3.05) is 6.54 Å². The van der Waals surface area contributed by atoms with Crippen molar-refractivity contribution < 1.29 is 5.11 Å². The Balaban J connectivity index is 1.78. The third-order valence-electron chi connectivity index (χ3n) is 2.43. The van der Waals surface area contributed by atoms with Gasteiger partial charge in [0.15, 0.2) is 0 Å². The lowest BCUT2D eigenvalue weighted by Crippen LogP contribution is -2.20. The van der Waals surface area contributed by atoms with Crippen LogP contribution in [0.3, 0.4) is 0 Å². The Kier molecular flexibility index (Phi) is 4.10. The van der Waals surface area contributed by atoms with E-state index in [4.69, 9.17) is 0 Å². The number of nitrogens with one attached hydrogen (secondary N) is 1. The second-order valence-electron chi connectivity index (χ2n) is 3.69. The molecule has 2 rings (SSSR count). The Hall–Kier alpha value is -1.16. The first-order valence-electron chi connectivity index (χ1n) is 5.31. The van der Waals surface area contributed by atoms with Crippen LogP contribution in [-0.2, 0) is 6.54 Å². The fraction of sp³-hybridized carbons (Fsp3) is 0.231. The molecule has 1 aromatic heterocycles. The van der Waals surface area contributed by atoms with Gasteiger partial charge in [0.05, 0.1) is 6.10 Å². The average Bonchev–Trinajstić information content (AvgIpc) is 2.83. The normalized spacial score (nSPS) is 12.6. The Morgan fingerprint density at radius 2 is 2.00 bits per heavy atom. The molecular formula is C13H15NOS. The molecule has 2 N–H and O–H groups in total. The van der Waals surface area contributed by atoms with E-state index in [1.807, 2.05) is 30.3 Å². The number of benzene rings is 1. The summed E-state index contributed by atoms with van der Waals surface area (Å²) in [7, 11) is 0. The fourth-order valence-electron chi connectivity index (χ4n) is 1.54. The van der Waals surface area contributed by atoms with Gasteiger partial charge in [-0.2, -0.15) is 11.3 Å². The molecule has 1 heterocycles. The van der Waals surface area contributed by atoms with Crippen LogP contribution in [0, 0.1) is 0 Å². The fourth-order valence-corrected chi connectivity index (χ4v) is 2.21. The van der Waals surface area contributed by atoms with Crippen molar-refractivity contribution >= 4 is 11.3 Å². The van der Waals surface area contributed by atoms with Crippen LogP contribution in [-0.4, -0.2) is 11.7 Å². The van der Waals surface area contributed by atoms with Gasteiger partial charge in [0, 0.05) is 13.1 Å². The van der Waals surface area contributed by atoms with Crippen molar-refractivity contribution in [3.8, 4) is 0 Å². The second kappa shape index (κ2) is 5.80. The topological polar surface area (TPSA) is 32.3 Å². The largest absolute Gasteiger partial charge is 0.387 e. The maximum absolute atomic E-state index is 9.89. The van der Waals surface area contributed by atoms with Gasteiger partial charge in [-0.1, -0.05) is 30.3 Å². The molecule has 0 fully saturated rings. The molecule has 0 spiro atoms. The number of aliphatic hydroxyl groups excluding tert-OH is 1. The predicted molar refractivity (Wildman–Crippen MR) is 67.4 cm³/mol. The van der Waals surface area contributed by atoms with Gasteiger partial charge in [0.2, 0.25) is 0 Å². The van der Waals surface area contributed by atoms with E-state index in [0.29, 0.717) is 6.54 Å². The van der Waals surface area contributed by atoms with E-state index in [0.717, 1.165) is 12.1 Å². The summed E-state index contributed by atoms with van der Waals surface area (Å²) in [5, 5.41) is 17.3. The lowest BCUT2D eigenvalue weighted by molar-refractivity contribution is 0.174. The molecule has 1 atom stereocenters. The molecule has 0 radical (unpaired) electrons. The molecule has 2 nitrogen and oxygen atoms in total. The van der Waals surface area contributed by atoms with Crippen molar-refractivity contribution in [3.63, 3.8) is 0 Å². The average molecular weight is 233 g/mol. The number of hydrogen-bond acceptors (Lipinski definition) is 3. The van der Waals surface area contributed by atoms with Crippen molar-refractivity contribution in [2.45, 2.75) is 12.6 Å². The van der Waals surface area contributed by atoms with Crippen LogP contribution >= 0.6 is 11.3 Å². The smallest absolute Gasteiger partial charge is 0.0914 e. The van der Waals surface area contributed by atoms with Crippen LogP contribution in [0.1, 0.15) is 17.2 Å². The van der Waals surface area contributed by atoms with Crippen LogP contribution in [0.15, 0.2) is 47.2 Å². The highest BCUT2D eigenvalue weighted by molar-refractivity contribution is 7.07. The van der Waals surface area contributed by atoms with E-state index in [2.05, 4.69) is 22.1 Å². The van der Waals surface area contributed by atoms with E-state index < -0.39 is 6.10 Å². The molecule has 3 heteroatoms. The van der Waals surface area contributed by atoms with Gasteiger partial charge < -0.3 is 10.4 Å². The summed E-state index contributed by atoms with van der Waals surface area (Å²) in [5.74, 6) is 0. The lowest BCUT2D eigenvalue weighted by Gasteiger charge is -2.11. The number of hydrogen-bond donors (Lipinski definition) is 2. The lowest BCUT2D eigenvalue weighted by atomic mass is 10.1. The summed E-state index contributed by atoms with van der Waals surface area (Å²) in [5.41, 5.74) is 2.23. The van der Waals surface area contributed by atoms with Gasteiger partial charge in [-0.15, -0.1) is 0 Å². The Morgan fingerprint density at radius 3 is 2.69 bits per heavy atom. The molecule has 2 aromatic rings. The first-order valence-corrected chi connectivity index (χ1v) is 6.25. The monoisotopic (exact) mass is 233 g/mol. The van der Waals surface area contributed by atoms with Gasteiger partial charge in [0.1, 0.15) is 0 Å².